The van der Waals surface area contributed by atoms with Crippen LogP contribution in [0.4, 0.5) is 10.5 Å². The summed E-state index contributed by atoms with van der Waals surface area (Å²) in [6, 6.07) is 26.6. The second kappa shape index (κ2) is 17.2. The van der Waals surface area contributed by atoms with Gasteiger partial charge >= 0.3 is 6.09 Å². The molecule has 11 nitrogen and oxygen atoms in total. The van der Waals surface area contributed by atoms with Crippen molar-refractivity contribution in [1.82, 2.24) is 19.9 Å². The molecule has 47 heavy (non-hydrogen) atoms. The summed E-state index contributed by atoms with van der Waals surface area (Å²) >= 11 is 0. The molecule has 1 heterocycles. The number of nitrogen functional groups attached to an aromatic ring is 1. The van der Waals surface area contributed by atoms with E-state index in [4.69, 9.17) is 10.5 Å². The smallest absolute Gasteiger partial charge is 0.407 e. The van der Waals surface area contributed by atoms with Gasteiger partial charge in [0.1, 0.15) is 6.04 Å². The number of nitrogens with one attached hydrogen (secondary N) is 2. The molecule has 0 spiro atoms. The molecule has 0 saturated carbocycles. The molecular formula is C35H41N5O6S. The van der Waals surface area contributed by atoms with Crippen molar-refractivity contribution in [2.24, 2.45) is 0 Å². The van der Waals surface area contributed by atoms with Crippen molar-refractivity contribution in [2.75, 3.05) is 26.0 Å². The fourth-order valence-corrected chi connectivity index (χ4v) is 7.03. The minimum Gasteiger partial charge on any atom is -0.453 e. The third-order valence-electron chi connectivity index (χ3n) is 7.82. The van der Waals surface area contributed by atoms with E-state index in [0.29, 0.717) is 30.5 Å². The number of sulfonamides is 1. The normalized spacial score (nSPS) is 12.8. The van der Waals surface area contributed by atoms with E-state index in [-0.39, 0.29) is 18.0 Å². The van der Waals surface area contributed by atoms with Crippen molar-refractivity contribution in [3.05, 3.63) is 126 Å². The molecule has 0 fully saturated rings. The van der Waals surface area contributed by atoms with Crippen LogP contribution in [0.15, 0.2) is 114 Å². The van der Waals surface area contributed by atoms with Gasteiger partial charge in [-0.15, -0.1) is 0 Å². The quantitative estimate of drug-likeness (QED) is 0.103. The van der Waals surface area contributed by atoms with Gasteiger partial charge in [0.05, 0.1) is 18.6 Å². The number of aromatic nitrogens is 1. The lowest BCUT2D eigenvalue weighted by Crippen LogP contribution is -2.50. The zero-order valence-corrected chi connectivity index (χ0v) is 27.1. The molecule has 4 aromatic rings. The Balaban J connectivity index is 1.46. The van der Waals surface area contributed by atoms with Crippen LogP contribution in [0.5, 0.6) is 0 Å². The van der Waals surface area contributed by atoms with Crippen molar-refractivity contribution in [2.45, 2.75) is 48.7 Å². The predicted octanol–water partition coefficient (Wildman–Crippen LogP) is 4.06. The Morgan fingerprint density at radius 3 is 2.11 bits per heavy atom. The molecular weight excluding hydrogens is 618 g/mol. The van der Waals surface area contributed by atoms with Gasteiger partial charge in [0.15, 0.2) is 0 Å². The summed E-state index contributed by atoms with van der Waals surface area (Å²) in [5.41, 5.74) is 8.58. The van der Waals surface area contributed by atoms with E-state index >= 15 is 0 Å². The van der Waals surface area contributed by atoms with Gasteiger partial charge in [0, 0.05) is 43.1 Å². The summed E-state index contributed by atoms with van der Waals surface area (Å²) in [6.45, 7) is -0.120. The van der Waals surface area contributed by atoms with Crippen molar-refractivity contribution >= 4 is 27.7 Å². The maximum Gasteiger partial charge on any atom is 0.407 e. The molecule has 0 unspecified atom stereocenters. The summed E-state index contributed by atoms with van der Waals surface area (Å²) in [6.07, 6.45) is 3.80. The highest BCUT2D eigenvalue weighted by Gasteiger charge is 2.33. The number of ether oxygens (including phenoxy) is 1. The van der Waals surface area contributed by atoms with E-state index in [1.54, 1.807) is 24.5 Å². The van der Waals surface area contributed by atoms with E-state index in [9.17, 15) is 23.1 Å². The highest BCUT2D eigenvalue weighted by molar-refractivity contribution is 7.89. The number of carbonyl (C=O) groups is 2. The van der Waals surface area contributed by atoms with E-state index in [0.717, 1.165) is 11.1 Å². The Morgan fingerprint density at radius 1 is 0.915 bits per heavy atom. The number of hydrogen-bond acceptors (Lipinski definition) is 8. The van der Waals surface area contributed by atoms with Crippen LogP contribution in [0.3, 0.4) is 0 Å². The Labute approximate surface area is 275 Å². The highest BCUT2D eigenvalue weighted by atomic mass is 32.2. The number of carbonyl (C=O) groups excluding carboxylic acids is 2. The fourth-order valence-electron chi connectivity index (χ4n) is 5.39. The third-order valence-corrected chi connectivity index (χ3v) is 9.73. The lowest BCUT2D eigenvalue weighted by molar-refractivity contribution is -0.123. The second-order valence-electron chi connectivity index (χ2n) is 11.0. The van der Waals surface area contributed by atoms with Gasteiger partial charge in [-0.3, -0.25) is 9.78 Å². The summed E-state index contributed by atoms with van der Waals surface area (Å²) in [7, 11) is -2.76. The maximum absolute atomic E-state index is 13.8. The predicted molar refractivity (Wildman–Crippen MR) is 180 cm³/mol. The first-order valence-electron chi connectivity index (χ1n) is 15.3. The lowest BCUT2D eigenvalue weighted by atomic mass is 9.84. The van der Waals surface area contributed by atoms with Gasteiger partial charge in [-0.2, -0.15) is 4.31 Å². The summed E-state index contributed by atoms with van der Waals surface area (Å²) in [5, 5.41) is 16.0. The van der Waals surface area contributed by atoms with Gasteiger partial charge in [-0.1, -0.05) is 73.2 Å². The van der Waals surface area contributed by atoms with Crippen LogP contribution in [0, 0.1) is 0 Å². The van der Waals surface area contributed by atoms with Gasteiger partial charge in [-0.05, 0) is 59.9 Å². The molecule has 0 saturated heterocycles. The van der Waals surface area contributed by atoms with Crippen molar-refractivity contribution < 1.29 is 27.9 Å². The molecule has 1 aromatic heterocycles. The molecule has 2 amide bonds. The van der Waals surface area contributed by atoms with Crippen LogP contribution in [0.25, 0.3) is 0 Å². The van der Waals surface area contributed by atoms with Crippen LogP contribution < -0.4 is 16.4 Å². The zero-order valence-electron chi connectivity index (χ0n) is 26.2. The Kier molecular flexibility index (Phi) is 12.9. The number of aliphatic hydroxyl groups excluding tert-OH is 1. The zero-order chi connectivity index (χ0) is 33.6. The number of methoxy groups -OCH3 is 1. The molecule has 12 heteroatoms. The number of alkyl carbamates (subject to hydrolysis) is 1. The summed E-state index contributed by atoms with van der Waals surface area (Å²) < 4.78 is 33.7. The Morgan fingerprint density at radius 2 is 1.55 bits per heavy atom. The first-order chi connectivity index (χ1) is 22.7. The number of benzene rings is 3. The number of anilines is 1. The number of hydrogen-bond donors (Lipinski definition) is 4. The van der Waals surface area contributed by atoms with Gasteiger partial charge in [-0.25, -0.2) is 13.2 Å². The molecule has 0 aliphatic rings. The number of nitrogens with two attached hydrogens (primary N) is 1. The molecule has 4 rings (SSSR count). The topological polar surface area (TPSA) is 164 Å². The SMILES string of the molecule is COC(=O)N[C@H](C(=O)NCCCC[C@@H](CO)N(Cc1cccnc1)S(=O)(=O)c1ccc(N)cc1)C(c1ccccc1)c1ccccc1. The van der Waals surface area contributed by atoms with Crippen molar-refractivity contribution in [3.63, 3.8) is 0 Å². The monoisotopic (exact) mass is 659 g/mol. The third kappa shape index (κ3) is 9.61. The van der Waals surface area contributed by atoms with Gasteiger partial charge in [0.25, 0.3) is 0 Å². The van der Waals surface area contributed by atoms with E-state index in [1.807, 2.05) is 60.7 Å². The molecule has 0 bridgehead atoms. The van der Waals surface area contributed by atoms with Crippen LogP contribution in [0.2, 0.25) is 0 Å². The van der Waals surface area contributed by atoms with Crippen LogP contribution in [0.1, 0.15) is 41.9 Å². The number of amides is 2. The minimum absolute atomic E-state index is 0.0176. The average molecular weight is 660 g/mol. The number of pyridine rings is 1. The first kappa shape index (κ1) is 35.1. The Hall–Kier alpha value is -4.78. The lowest BCUT2D eigenvalue weighted by Gasteiger charge is -2.30. The molecule has 3 aromatic carbocycles. The highest BCUT2D eigenvalue weighted by Crippen LogP contribution is 2.29. The van der Waals surface area contributed by atoms with E-state index < -0.39 is 46.6 Å². The fraction of sp³-hybridized carbons (Fsp3) is 0.286. The van der Waals surface area contributed by atoms with Crippen molar-refractivity contribution in [1.29, 1.82) is 0 Å². The van der Waals surface area contributed by atoms with Crippen LogP contribution in [-0.4, -0.2) is 67.2 Å². The van der Waals surface area contributed by atoms with Crippen LogP contribution >= 0.6 is 0 Å². The molecule has 0 aliphatic carbocycles. The largest absolute Gasteiger partial charge is 0.453 e. The standard InChI is InChI=1S/C35H41N5O6S/c1-46-35(43)39-33(32(27-12-4-2-5-13-27)28-14-6-3-7-15-28)34(42)38-22-9-8-16-30(25-41)40(24-26-11-10-21-37-23-26)47(44,45)31-19-17-29(36)18-20-31/h2-7,10-15,17-21,23,30,32-33,41H,8-9,16,22,24-25,36H2,1H3,(H,38,42)(H,39,43)/t30-,33-/m0/s1. The molecule has 2 atom stereocenters. The number of aliphatic hydroxyl groups is 1. The number of rotatable bonds is 16. The Bertz CT molecular complexity index is 1620. The molecule has 0 aliphatic heterocycles. The minimum atomic E-state index is -4.00. The maximum atomic E-state index is 13.8. The molecule has 248 valence electrons. The van der Waals surface area contributed by atoms with Crippen LogP contribution in [-0.2, 0) is 26.1 Å². The van der Waals surface area contributed by atoms with Gasteiger partial charge < -0.3 is 26.2 Å². The van der Waals surface area contributed by atoms with E-state index in [2.05, 4.69) is 15.6 Å². The molecule has 0 radical (unpaired) electrons. The second-order valence-corrected chi connectivity index (χ2v) is 12.9. The number of nitrogens with zero attached hydrogens (tertiary/aromatic N) is 2. The number of unbranched alkanes of at least 4 members (excludes halogenated alkanes) is 1. The van der Waals surface area contributed by atoms with E-state index in [1.165, 1.54) is 35.7 Å². The van der Waals surface area contributed by atoms with Gasteiger partial charge in [0.2, 0.25) is 15.9 Å². The first-order valence-corrected chi connectivity index (χ1v) is 16.8. The summed E-state index contributed by atoms with van der Waals surface area (Å²) in [5.74, 6) is -0.884. The van der Waals surface area contributed by atoms with Crippen molar-refractivity contribution in [3.8, 4) is 0 Å². The average Bonchev–Trinajstić information content (AvgIpc) is 3.10. The summed E-state index contributed by atoms with van der Waals surface area (Å²) in [4.78, 5) is 30.2. The molecule has 5 N–H and O–H groups in total.